The number of carboxylic acids is 1. The third-order valence-corrected chi connectivity index (χ3v) is 4.83. The number of aryl methyl sites for hydroxylation is 1. The number of nitrogen functional groups attached to an aromatic ring is 1. The van der Waals surface area contributed by atoms with Crippen molar-refractivity contribution in [1.82, 2.24) is 0 Å². The number of methoxy groups -OCH3 is 1. The summed E-state index contributed by atoms with van der Waals surface area (Å²) < 4.78 is 5.15. The summed E-state index contributed by atoms with van der Waals surface area (Å²) >= 11 is 0. The number of hydrogen-bond donors (Lipinski definition) is 4. The number of amides is 1. The highest BCUT2D eigenvalue weighted by molar-refractivity contribution is 6.10. The molecule has 0 atom stereocenters. The van der Waals surface area contributed by atoms with Gasteiger partial charge in [-0.25, -0.2) is 4.79 Å². The Morgan fingerprint density at radius 2 is 1.77 bits per heavy atom. The van der Waals surface area contributed by atoms with E-state index in [-0.39, 0.29) is 23.9 Å². The third-order valence-electron chi connectivity index (χ3n) is 4.83. The molecule has 1 amide bonds. The molecule has 0 saturated carbocycles. The molecule has 31 heavy (non-hydrogen) atoms. The number of rotatable bonds is 7. The summed E-state index contributed by atoms with van der Waals surface area (Å²) in [6, 6.07) is 17.0. The molecule has 0 heterocycles. The van der Waals surface area contributed by atoms with Crippen LogP contribution < -0.4 is 11.1 Å². The fourth-order valence-corrected chi connectivity index (χ4v) is 3.37. The van der Waals surface area contributed by atoms with Crippen molar-refractivity contribution in [3.05, 3.63) is 88.5 Å². The van der Waals surface area contributed by atoms with Gasteiger partial charge in [-0.3, -0.25) is 10.2 Å². The minimum absolute atomic E-state index is 0.0593. The van der Waals surface area contributed by atoms with E-state index < -0.39 is 5.97 Å². The number of carboxylic acid groups (broad SMARTS) is 1. The van der Waals surface area contributed by atoms with Gasteiger partial charge in [0.25, 0.3) is 5.91 Å². The van der Waals surface area contributed by atoms with Gasteiger partial charge < -0.3 is 20.9 Å². The van der Waals surface area contributed by atoms with Crippen molar-refractivity contribution in [2.24, 2.45) is 5.73 Å². The highest BCUT2D eigenvalue weighted by Crippen LogP contribution is 2.31. The molecule has 3 aromatic rings. The largest absolute Gasteiger partial charge is 0.478 e. The van der Waals surface area contributed by atoms with E-state index in [9.17, 15) is 14.7 Å². The lowest BCUT2D eigenvalue weighted by Crippen LogP contribution is -2.15. The number of aromatic carboxylic acids is 1. The summed E-state index contributed by atoms with van der Waals surface area (Å²) in [7, 11) is 1.50. The van der Waals surface area contributed by atoms with E-state index in [0.717, 1.165) is 5.56 Å². The maximum atomic E-state index is 13.1. The molecule has 0 aliphatic carbocycles. The van der Waals surface area contributed by atoms with Crippen molar-refractivity contribution >= 4 is 23.4 Å². The van der Waals surface area contributed by atoms with Crippen molar-refractivity contribution in [1.29, 1.82) is 5.41 Å². The normalized spacial score (nSPS) is 10.5. The second kappa shape index (κ2) is 9.23. The van der Waals surface area contributed by atoms with Crippen LogP contribution in [0, 0.1) is 12.3 Å². The minimum Gasteiger partial charge on any atom is -0.478 e. The number of carbonyl (C=O) groups is 2. The molecule has 3 rings (SSSR count). The lowest BCUT2D eigenvalue weighted by atomic mass is 9.91. The first-order chi connectivity index (χ1) is 14.8. The Morgan fingerprint density at radius 1 is 1.06 bits per heavy atom. The molecule has 7 nitrogen and oxygen atoms in total. The summed E-state index contributed by atoms with van der Waals surface area (Å²) in [6.07, 6.45) is 0. The number of benzene rings is 3. The number of anilines is 1. The molecule has 158 valence electrons. The quantitative estimate of drug-likeness (QED) is 0.341. The van der Waals surface area contributed by atoms with Crippen molar-refractivity contribution in [2.75, 3.05) is 12.4 Å². The summed E-state index contributed by atoms with van der Waals surface area (Å²) in [5.41, 5.74) is 9.36. The zero-order valence-electron chi connectivity index (χ0n) is 17.2. The maximum absolute atomic E-state index is 13.1. The van der Waals surface area contributed by atoms with Crippen LogP contribution in [0.4, 0.5) is 5.69 Å². The standard InChI is InChI=1S/C24H23N3O4/c1-14-6-11-18(19-5-3-4-16(13-31-2)21(19)24(29)30)20(12-14)23(28)27-17-9-7-15(8-10-17)22(25)26/h3-12H,13H2,1-2H3,(H3,25,26)(H,27,28)(H,29,30). The Balaban J connectivity index is 2.05. The maximum Gasteiger partial charge on any atom is 0.336 e. The van der Waals surface area contributed by atoms with Gasteiger partial charge >= 0.3 is 5.97 Å². The molecule has 0 aliphatic rings. The van der Waals surface area contributed by atoms with Crippen LogP contribution in [-0.2, 0) is 11.3 Å². The number of ether oxygens (including phenoxy) is 1. The zero-order valence-corrected chi connectivity index (χ0v) is 17.2. The SMILES string of the molecule is COCc1cccc(-c2ccc(C)cc2C(=O)Nc2ccc(C(=N)N)cc2)c1C(=O)O. The highest BCUT2D eigenvalue weighted by Gasteiger charge is 2.21. The van der Waals surface area contributed by atoms with Gasteiger partial charge in [0.1, 0.15) is 5.84 Å². The van der Waals surface area contributed by atoms with Gasteiger partial charge in [-0.05, 0) is 53.9 Å². The van der Waals surface area contributed by atoms with Crippen molar-refractivity contribution in [3.63, 3.8) is 0 Å². The molecule has 0 spiro atoms. The van der Waals surface area contributed by atoms with Crippen LogP contribution in [0.15, 0.2) is 60.7 Å². The first-order valence-electron chi connectivity index (χ1n) is 9.52. The second-order valence-corrected chi connectivity index (χ2v) is 7.07. The van der Waals surface area contributed by atoms with Gasteiger partial charge in [0.15, 0.2) is 0 Å². The monoisotopic (exact) mass is 417 g/mol. The summed E-state index contributed by atoms with van der Waals surface area (Å²) in [4.78, 5) is 25.2. The highest BCUT2D eigenvalue weighted by atomic mass is 16.5. The molecule has 0 saturated heterocycles. The van der Waals surface area contributed by atoms with E-state index in [1.54, 1.807) is 54.6 Å². The average molecular weight is 417 g/mol. The van der Waals surface area contributed by atoms with Crippen molar-refractivity contribution in [3.8, 4) is 11.1 Å². The predicted molar refractivity (Wildman–Crippen MR) is 120 cm³/mol. The van der Waals surface area contributed by atoms with Crippen molar-refractivity contribution in [2.45, 2.75) is 13.5 Å². The first-order valence-corrected chi connectivity index (χ1v) is 9.52. The minimum atomic E-state index is -1.09. The van der Waals surface area contributed by atoms with E-state index >= 15 is 0 Å². The number of carbonyl (C=O) groups excluding carboxylic acids is 1. The van der Waals surface area contributed by atoms with Crippen LogP contribution in [0.25, 0.3) is 11.1 Å². The van der Waals surface area contributed by atoms with Crippen LogP contribution >= 0.6 is 0 Å². The Morgan fingerprint density at radius 3 is 2.39 bits per heavy atom. The Kier molecular flexibility index (Phi) is 6.47. The molecule has 0 radical (unpaired) electrons. The Bertz CT molecular complexity index is 1150. The molecule has 3 aromatic carbocycles. The van der Waals surface area contributed by atoms with E-state index in [1.165, 1.54) is 7.11 Å². The second-order valence-electron chi connectivity index (χ2n) is 7.07. The number of amidine groups is 1. The fourth-order valence-electron chi connectivity index (χ4n) is 3.37. The van der Waals surface area contributed by atoms with Gasteiger partial charge in [0.05, 0.1) is 12.2 Å². The van der Waals surface area contributed by atoms with E-state index in [4.69, 9.17) is 15.9 Å². The molecule has 0 bridgehead atoms. The van der Waals surface area contributed by atoms with Crippen LogP contribution in [-0.4, -0.2) is 29.9 Å². The summed E-state index contributed by atoms with van der Waals surface area (Å²) in [5, 5.41) is 20.1. The number of nitrogens with two attached hydrogens (primary N) is 1. The number of hydrogen-bond acceptors (Lipinski definition) is 4. The molecule has 7 heteroatoms. The van der Waals surface area contributed by atoms with Gasteiger partial charge in [-0.1, -0.05) is 35.9 Å². The van der Waals surface area contributed by atoms with Gasteiger partial charge in [0.2, 0.25) is 0 Å². The molecule has 0 aromatic heterocycles. The van der Waals surface area contributed by atoms with E-state index in [0.29, 0.717) is 33.5 Å². The smallest absolute Gasteiger partial charge is 0.336 e. The fraction of sp³-hybridized carbons (Fsp3) is 0.125. The molecule has 5 N–H and O–H groups in total. The van der Waals surface area contributed by atoms with Crippen molar-refractivity contribution < 1.29 is 19.4 Å². The molecule has 0 fully saturated rings. The molecule has 0 unspecified atom stereocenters. The lowest BCUT2D eigenvalue weighted by Gasteiger charge is -2.16. The van der Waals surface area contributed by atoms with E-state index in [2.05, 4.69) is 5.32 Å². The van der Waals surface area contributed by atoms with Gasteiger partial charge in [0, 0.05) is 23.9 Å². The summed E-state index contributed by atoms with van der Waals surface area (Å²) in [5.74, 6) is -1.52. The van der Waals surface area contributed by atoms with Gasteiger partial charge in [-0.15, -0.1) is 0 Å². The van der Waals surface area contributed by atoms with Crippen LogP contribution in [0.5, 0.6) is 0 Å². The molecule has 0 aliphatic heterocycles. The van der Waals surface area contributed by atoms with E-state index in [1.807, 2.05) is 13.0 Å². The first kappa shape index (κ1) is 21.7. The Labute approximate surface area is 180 Å². The molecular formula is C24H23N3O4. The van der Waals surface area contributed by atoms with Crippen LogP contribution in [0.1, 0.15) is 37.4 Å². The van der Waals surface area contributed by atoms with Crippen LogP contribution in [0.3, 0.4) is 0 Å². The zero-order chi connectivity index (χ0) is 22.5. The topological polar surface area (TPSA) is 126 Å². The van der Waals surface area contributed by atoms with Gasteiger partial charge in [-0.2, -0.15) is 0 Å². The molecular weight excluding hydrogens is 394 g/mol. The predicted octanol–water partition coefficient (Wildman–Crippen LogP) is 4.04. The number of nitrogens with one attached hydrogen (secondary N) is 2. The Hall–Kier alpha value is -3.97. The summed E-state index contributed by atoms with van der Waals surface area (Å²) in [6.45, 7) is 2.01. The average Bonchev–Trinajstić information content (AvgIpc) is 2.74. The van der Waals surface area contributed by atoms with Crippen LogP contribution in [0.2, 0.25) is 0 Å². The lowest BCUT2D eigenvalue weighted by molar-refractivity contribution is 0.0692. The third kappa shape index (κ3) is 4.79.